The minimum atomic E-state index is -0.386. The summed E-state index contributed by atoms with van der Waals surface area (Å²) in [6.07, 6.45) is 8.52. The maximum Gasteiger partial charge on any atom is 0.163 e. The van der Waals surface area contributed by atoms with Crippen molar-refractivity contribution < 1.29 is 4.42 Å². The lowest BCUT2D eigenvalue weighted by molar-refractivity contribution is 0.662. The number of furan rings is 1. The molecule has 3 heterocycles. The van der Waals surface area contributed by atoms with Gasteiger partial charge in [-0.25, -0.2) is 9.98 Å². The van der Waals surface area contributed by atoms with Crippen LogP contribution in [0.4, 0.5) is 0 Å². The van der Waals surface area contributed by atoms with Gasteiger partial charge in [0.25, 0.3) is 0 Å². The molecular formula is C49H34N4O. The van der Waals surface area contributed by atoms with Crippen LogP contribution in [0.1, 0.15) is 41.3 Å². The van der Waals surface area contributed by atoms with Crippen molar-refractivity contribution in [3.05, 3.63) is 192 Å². The molecule has 0 amide bonds. The molecule has 1 aliphatic carbocycles. The van der Waals surface area contributed by atoms with Crippen LogP contribution in [0.2, 0.25) is 0 Å². The van der Waals surface area contributed by atoms with E-state index in [4.69, 9.17) is 14.4 Å². The van der Waals surface area contributed by atoms with Crippen molar-refractivity contribution in [3.8, 4) is 5.69 Å². The molecule has 54 heavy (non-hydrogen) atoms. The van der Waals surface area contributed by atoms with Crippen molar-refractivity contribution in [2.75, 3.05) is 0 Å². The molecule has 256 valence electrons. The molecule has 0 radical (unpaired) electrons. The van der Waals surface area contributed by atoms with E-state index in [0.29, 0.717) is 5.84 Å². The molecule has 7 aromatic carbocycles. The second-order valence-corrected chi connectivity index (χ2v) is 14.1. The number of fused-ring (bicyclic) bond motifs is 7. The fourth-order valence-corrected chi connectivity index (χ4v) is 8.32. The van der Waals surface area contributed by atoms with Crippen LogP contribution in [0.15, 0.2) is 184 Å². The van der Waals surface area contributed by atoms with Crippen molar-refractivity contribution in [3.63, 3.8) is 0 Å². The predicted octanol–water partition coefficient (Wildman–Crippen LogP) is 12.1. The van der Waals surface area contributed by atoms with Gasteiger partial charge in [-0.15, -0.1) is 0 Å². The number of aliphatic imine (C=N–C) groups is 2. The zero-order valence-electron chi connectivity index (χ0n) is 29.4. The highest BCUT2D eigenvalue weighted by molar-refractivity contribution is 6.21. The third-order valence-electron chi connectivity index (χ3n) is 10.9. The van der Waals surface area contributed by atoms with Crippen molar-refractivity contribution in [1.29, 1.82) is 0 Å². The monoisotopic (exact) mass is 694 g/mol. The Bertz CT molecular complexity index is 3080. The maximum absolute atomic E-state index is 6.74. The van der Waals surface area contributed by atoms with Crippen LogP contribution in [0.5, 0.6) is 0 Å². The molecule has 2 aliphatic rings. The second kappa shape index (κ2) is 12.3. The lowest BCUT2D eigenvalue weighted by Gasteiger charge is -2.26. The van der Waals surface area contributed by atoms with Crippen LogP contribution in [0.3, 0.4) is 0 Å². The molecule has 1 unspecified atom stereocenters. The first kappa shape index (κ1) is 30.6. The van der Waals surface area contributed by atoms with Gasteiger partial charge >= 0.3 is 0 Å². The van der Waals surface area contributed by atoms with E-state index >= 15 is 0 Å². The smallest absolute Gasteiger partial charge is 0.163 e. The van der Waals surface area contributed by atoms with Gasteiger partial charge in [-0.1, -0.05) is 133 Å². The summed E-state index contributed by atoms with van der Waals surface area (Å²) in [5.74, 6) is 1.39. The number of nitrogens with one attached hydrogen (secondary N) is 1. The summed E-state index contributed by atoms with van der Waals surface area (Å²) in [5.41, 5.74) is 10.3. The van der Waals surface area contributed by atoms with Gasteiger partial charge in [0.1, 0.15) is 23.2 Å². The molecule has 0 bridgehead atoms. The van der Waals surface area contributed by atoms with E-state index in [1.54, 1.807) is 0 Å². The molecule has 1 aliphatic heterocycles. The van der Waals surface area contributed by atoms with Crippen molar-refractivity contribution >= 4 is 71.8 Å². The normalized spacial score (nSPS) is 15.9. The van der Waals surface area contributed by atoms with Crippen LogP contribution < -0.4 is 5.32 Å². The summed E-state index contributed by atoms with van der Waals surface area (Å²) in [7, 11) is 0. The van der Waals surface area contributed by atoms with Gasteiger partial charge in [-0.2, -0.15) is 0 Å². The SMILES string of the molecule is C1=CC(c2ccccc2C2N=C(c3cc(-n4c5ccccc5c5cc6ccccc6cc54)cc4c3oc3ccccc34)N=C(c3ccccc3)N2)=CCC1. The highest BCUT2D eigenvalue weighted by Crippen LogP contribution is 2.40. The molecular weight excluding hydrogens is 661 g/mol. The zero-order chi connectivity index (χ0) is 35.6. The average molecular weight is 695 g/mol. The topological polar surface area (TPSA) is 54.8 Å². The van der Waals surface area contributed by atoms with Crippen LogP contribution >= 0.6 is 0 Å². The summed E-state index contributed by atoms with van der Waals surface area (Å²) >= 11 is 0. The second-order valence-electron chi connectivity index (χ2n) is 14.1. The van der Waals surface area contributed by atoms with Crippen LogP contribution in [-0.4, -0.2) is 16.2 Å². The molecule has 0 saturated carbocycles. The number of hydrogen-bond donors (Lipinski definition) is 1. The number of hydrogen-bond acceptors (Lipinski definition) is 4. The first-order chi connectivity index (χ1) is 26.8. The van der Waals surface area contributed by atoms with E-state index in [1.165, 1.54) is 32.7 Å². The summed E-state index contributed by atoms with van der Waals surface area (Å²) in [6.45, 7) is 0. The number of para-hydroxylation sites is 2. The first-order valence-corrected chi connectivity index (χ1v) is 18.6. The van der Waals surface area contributed by atoms with Gasteiger partial charge in [0.05, 0.1) is 16.6 Å². The van der Waals surface area contributed by atoms with Crippen LogP contribution in [-0.2, 0) is 0 Å². The average Bonchev–Trinajstić information content (AvgIpc) is 3.78. The van der Waals surface area contributed by atoms with E-state index < -0.39 is 0 Å². The maximum atomic E-state index is 6.74. The van der Waals surface area contributed by atoms with Crippen molar-refractivity contribution in [1.82, 2.24) is 9.88 Å². The summed E-state index contributed by atoms with van der Waals surface area (Å²) in [5, 5.41) is 10.7. The largest absolute Gasteiger partial charge is 0.455 e. The van der Waals surface area contributed by atoms with Crippen molar-refractivity contribution in [2.45, 2.75) is 19.0 Å². The van der Waals surface area contributed by atoms with Gasteiger partial charge in [-0.05, 0) is 71.1 Å². The van der Waals surface area contributed by atoms with Gasteiger partial charge < -0.3 is 14.3 Å². The quantitative estimate of drug-likeness (QED) is 0.195. The molecule has 2 aromatic heterocycles. The lowest BCUT2D eigenvalue weighted by Crippen LogP contribution is -2.34. The Hall–Kier alpha value is -6.98. The highest BCUT2D eigenvalue weighted by Gasteiger charge is 2.27. The van der Waals surface area contributed by atoms with Gasteiger partial charge in [-0.3, -0.25) is 0 Å². The molecule has 5 nitrogen and oxygen atoms in total. The first-order valence-electron chi connectivity index (χ1n) is 18.6. The molecule has 9 aromatic rings. The summed E-state index contributed by atoms with van der Waals surface area (Å²) in [6, 6.07) is 53.6. The van der Waals surface area contributed by atoms with Gasteiger partial charge in [0.2, 0.25) is 0 Å². The number of allylic oxidation sites excluding steroid dienone is 4. The number of aromatic nitrogens is 1. The van der Waals surface area contributed by atoms with Crippen LogP contribution in [0, 0.1) is 0 Å². The van der Waals surface area contributed by atoms with E-state index in [2.05, 4.69) is 162 Å². The van der Waals surface area contributed by atoms with E-state index in [9.17, 15) is 0 Å². The molecule has 1 N–H and O–H groups in total. The predicted molar refractivity (Wildman–Crippen MR) is 224 cm³/mol. The number of amidine groups is 2. The fraction of sp³-hybridized carbons (Fsp3) is 0.0612. The lowest BCUT2D eigenvalue weighted by atomic mass is 9.93. The Morgan fingerprint density at radius 2 is 1.37 bits per heavy atom. The van der Waals surface area contributed by atoms with E-state index in [0.717, 1.165) is 74.0 Å². The van der Waals surface area contributed by atoms with E-state index in [1.807, 2.05) is 18.2 Å². The fourth-order valence-electron chi connectivity index (χ4n) is 8.32. The third kappa shape index (κ3) is 4.93. The Balaban J connectivity index is 1.20. The van der Waals surface area contributed by atoms with E-state index in [-0.39, 0.29) is 6.17 Å². The Morgan fingerprint density at radius 1 is 0.611 bits per heavy atom. The molecule has 1 atom stereocenters. The molecule has 0 saturated heterocycles. The Kier molecular flexibility index (Phi) is 6.99. The minimum Gasteiger partial charge on any atom is -0.455 e. The third-order valence-corrected chi connectivity index (χ3v) is 10.9. The zero-order valence-corrected chi connectivity index (χ0v) is 29.4. The molecule has 0 fully saturated rings. The van der Waals surface area contributed by atoms with Gasteiger partial charge in [0.15, 0.2) is 5.84 Å². The summed E-state index contributed by atoms with van der Waals surface area (Å²) < 4.78 is 9.13. The number of rotatable bonds is 5. The minimum absolute atomic E-state index is 0.386. The Morgan fingerprint density at radius 3 is 2.24 bits per heavy atom. The standard InChI is InChI=1S/C49H34N4O/c1-3-15-31(16-4-1)36-21-9-10-24-39(36)48-50-47(32-17-5-2-6-18-32)51-49(52-48)42-30-35(29-41-38-23-12-14-26-45(38)54-46(41)42)53-43-25-13-11-22-37(43)40-27-33-19-7-8-20-34(33)28-44(40)53/h2-3,5-30,48H,1,4H2,(H,50,51,52). The number of nitrogens with zero attached hydrogens (tertiary/aromatic N) is 3. The summed E-state index contributed by atoms with van der Waals surface area (Å²) in [4.78, 5) is 10.8. The number of benzene rings is 7. The van der Waals surface area contributed by atoms with Crippen LogP contribution in [0.25, 0.3) is 65.8 Å². The molecule has 11 rings (SSSR count). The van der Waals surface area contributed by atoms with Crippen molar-refractivity contribution in [2.24, 2.45) is 9.98 Å². The van der Waals surface area contributed by atoms with Gasteiger partial charge in [0, 0.05) is 38.4 Å². The molecule has 5 heteroatoms. The highest BCUT2D eigenvalue weighted by atomic mass is 16.3. The molecule has 0 spiro atoms. The Labute approximate surface area is 311 Å².